The number of aliphatic imine (C=N–C) groups is 1. The van der Waals surface area contributed by atoms with Gasteiger partial charge >= 0.3 is 0 Å². The molecule has 0 bridgehead atoms. The molecule has 0 amide bonds. The maximum Gasteiger partial charge on any atom is 0.193 e. The third kappa shape index (κ3) is 5.83. The molecule has 0 radical (unpaired) electrons. The van der Waals surface area contributed by atoms with Gasteiger partial charge in [-0.05, 0) is 37.8 Å². The quantitative estimate of drug-likeness (QED) is 0.462. The SMILES string of the molecule is CCNC(=NCCc1ncc(C)s1)N(C)Cc1ccc(SC)cc1. The van der Waals surface area contributed by atoms with Crippen molar-refractivity contribution < 1.29 is 0 Å². The van der Waals surface area contributed by atoms with Gasteiger partial charge in [0.1, 0.15) is 0 Å². The summed E-state index contributed by atoms with van der Waals surface area (Å²) in [5.41, 5.74) is 1.29. The molecule has 24 heavy (non-hydrogen) atoms. The van der Waals surface area contributed by atoms with E-state index in [-0.39, 0.29) is 0 Å². The minimum absolute atomic E-state index is 0.755. The Labute approximate surface area is 153 Å². The molecule has 1 aromatic carbocycles. The zero-order valence-electron chi connectivity index (χ0n) is 14.9. The molecule has 0 saturated carbocycles. The number of rotatable bonds is 7. The van der Waals surface area contributed by atoms with Crippen molar-refractivity contribution in [2.45, 2.75) is 31.7 Å². The fourth-order valence-corrected chi connectivity index (χ4v) is 3.51. The maximum atomic E-state index is 4.74. The summed E-state index contributed by atoms with van der Waals surface area (Å²) in [5, 5.41) is 4.53. The van der Waals surface area contributed by atoms with E-state index in [0.717, 1.165) is 37.0 Å². The highest BCUT2D eigenvalue weighted by Gasteiger charge is 2.07. The Morgan fingerprint density at radius 1 is 1.33 bits per heavy atom. The van der Waals surface area contributed by atoms with Gasteiger partial charge in [-0.25, -0.2) is 4.98 Å². The van der Waals surface area contributed by atoms with Crippen LogP contribution in [0.5, 0.6) is 0 Å². The second-order valence-electron chi connectivity index (χ2n) is 5.55. The van der Waals surface area contributed by atoms with Crippen molar-refractivity contribution in [3.8, 4) is 0 Å². The van der Waals surface area contributed by atoms with Crippen LogP contribution >= 0.6 is 23.1 Å². The molecule has 130 valence electrons. The number of hydrogen-bond donors (Lipinski definition) is 1. The van der Waals surface area contributed by atoms with Gasteiger partial charge in [-0.3, -0.25) is 4.99 Å². The Kier molecular flexibility index (Phi) is 7.59. The van der Waals surface area contributed by atoms with Crippen molar-refractivity contribution in [3.05, 3.63) is 45.9 Å². The van der Waals surface area contributed by atoms with Crippen LogP contribution in [0, 0.1) is 6.92 Å². The number of benzene rings is 1. The van der Waals surface area contributed by atoms with Gasteiger partial charge in [0.05, 0.1) is 5.01 Å². The summed E-state index contributed by atoms with van der Waals surface area (Å²) in [7, 11) is 2.08. The van der Waals surface area contributed by atoms with Gasteiger partial charge in [0, 0.05) is 49.1 Å². The van der Waals surface area contributed by atoms with Crippen molar-refractivity contribution in [3.63, 3.8) is 0 Å². The molecule has 0 atom stereocenters. The van der Waals surface area contributed by atoms with Gasteiger partial charge in [0.2, 0.25) is 0 Å². The van der Waals surface area contributed by atoms with Crippen LogP contribution in [0.25, 0.3) is 0 Å². The second-order valence-corrected chi connectivity index (χ2v) is 7.75. The lowest BCUT2D eigenvalue weighted by molar-refractivity contribution is 0.477. The first-order chi connectivity index (χ1) is 11.6. The van der Waals surface area contributed by atoms with Crippen molar-refractivity contribution in [1.29, 1.82) is 0 Å². The summed E-state index contributed by atoms with van der Waals surface area (Å²) < 4.78 is 0. The van der Waals surface area contributed by atoms with Crippen molar-refractivity contribution >= 4 is 29.1 Å². The predicted octanol–water partition coefficient (Wildman–Crippen LogP) is 3.81. The molecule has 1 N–H and O–H groups in total. The first-order valence-corrected chi connectivity index (χ1v) is 10.2. The van der Waals surface area contributed by atoms with E-state index in [2.05, 4.69) is 66.6 Å². The number of hydrogen-bond acceptors (Lipinski definition) is 4. The zero-order valence-corrected chi connectivity index (χ0v) is 16.5. The topological polar surface area (TPSA) is 40.5 Å². The van der Waals surface area contributed by atoms with E-state index in [1.807, 2.05) is 6.20 Å². The standard InChI is InChI=1S/C18H26N4S2/c1-5-19-18(20-11-10-17-21-12-14(2)24-17)22(3)13-15-6-8-16(23-4)9-7-15/h6-9,12H,5,10-11,13H2,1-4H3,(H,19,20). The van der Waals surface area contributed by atoms with E-state index in [1.165, 1.54) is 15.3 Å². The molecule has 0 unspecified atom stereocenters. The number of nitrogens with zero attached hydrogens (tertiary/aromatic N) is 3. The molecular weight excluding hydrogens is 336 g/mol. The summed E-state index contributed by atoms with van der Waals surface area (Å²) in [4.78, 5) is 13.9. The summed E-state index contributed by atoms with van der Waals surface area (Å²) >= 11 is 3.52. The van der Waals surface area contributed by atoms with E-state index < -0.39 is 0 Å². The second kappa shape index (κ2) is 9.69. The molecule has 0 aliphatic heterocycles. The van der Waals surface area contributed by atoms with Crippen molar-refractivity contribution in [2.24, 2.45) is 4.99 Å². The normalized spacial score (nSPS) is 11.6. The lowest BCUT2D eigenvalue weighted by atomic mass is 10.2. The Morgan fingerprint density at radius 3 is 2.67 bits per heavy atom. The largest absolute Gasteiger partial charge is 0.357 e. The first-order valence-electron chi connectivity index (χ1n) is 8.16. The number of guanidine groups is 1. The minimum atomic E-state index is 0.755. The molecule has 4 nitrogen and oxygen atoms in total. The van der Waals surface area contributed by atoms with Crippen LogP contribution in [-0.4, -0.2) is 42.2 Å². The number of thiazole rings is 1. The van der Waals surface area contributed by atoms with Crippen LogP contribution in [0.3, 0.4) is 0 Å². The van der Waals surface area contributed by atoms with Gasteiger partial charge in [-0.2, -0.15) is 0 Å². The number of aryl methyl sites for hydroxylation is 1. The van der Waals surface area contributed by atoms with E-state index >= 15 is 0 Å². The predicted molar refractivity (Wildman–Crippen MR) is 106 cm³/mol. The van der Waals surface area contributed by atoms with Gasteiger partial charge in [-0.1, -0.05) is 12.1 Å². The summed E-state index contributed by atoms with van der Waals surface area (Å²) in [6.07, 6.45) is 4.92. The highest BCUT2D eigenvalue weighted by atomic mass is 32.2. The Bertz CT molecular complexity index is 649. The third-order valence-corrected chi connectivity index (χ3v) is 5.25. The molecule has 2 aromatic rings. The molecule has 1 heterocycles. The molecular formula is C18H26N4S2. The molecule has 0 fully saturated rings. The summed E-state index contributed by atoms with van der Waals surface area (Å²) in [6, 6.07) is 8.71. The third-order valence-electron chi connectivity index (χ3n) is 3.53. The van der Waals surface area contributed by atoms with Crippen LogP contribution in [0.15, 0.2) is 40.4 Å². The lowest BCUT2D eigenvalue weighted by Gasteiger charge is -2.22. The molecule has 0 saturated heterocycles. The number of thioether (sulfide) groups is 1. The Morgan fingerprint density at radius 2 is 2.08 bits per heavy atom. The zero-order chi connectivity index (χ0) is 17.4. The fourth-order valence-electron chi connectivity index (χ4n) is 2.32. The average Bonchev–Trinajstić information content (AvgIpc) is 3.00. The van der Waals surface area contributed by atoms with Crippen LogP contribution in [0.2, 0.25) is 0 Å². The lowest BCUT2D eigenvalue weighted by Crippen LogP contribution is -2.38. The molecule has 0 spiro atoms. The summed E-state index contributed by atoms with van der Waals surface area (Å²) in [5.74, 6) is 0.944. The highest BCUT2D eigenvalue weighted by Crippen LogP contribution is 2.15. The molecule has 1 aromatic heterocycles. The van der Waals surface area contributed by atoms with Gasteiger partial charge in [0.15, 0.2) is 5.96 Å². The van der Waals surface area contributed by atoms with Gasteiger partial charge < -0.3 is 10.2 Å². The van der Waals surface area contributed by atoms with Gasteiger partial charge in [0.25, 0.3) is 0 Å². The first kappa shape index (κ1) is 18.8. The fraction of sp³-hybridized carbons (Fsp3) is 0.444. The van der Waals surface area contributed by atoms with E-state index in [1.54, 1.807) is 23.1 Å². The highest BCUT2D eigenvalue weighted by molar-refractivity contribution is 7.98. The Hall–Kier alpha value is -1.53. The average molecular weight is 363 g/mol. The molecule has 2 rings (SSSR count). The molecule has 0 aliphatic rings. The minimum Gasteiger partial charge on any atom is -0.357 e. The van der Waals surface area contributed by atoms with Crippen LogP contribution in [0.1, 0.15) is 22.4 Å². The van der Waals surface area contributed by atoms with Crippen molar-refractivity contribution in [1.82, 2.24) is 15.2 Å². The van der Waals surface area contributed by atoms with Crippen LogP contribution in [0.4, 0.5) is 0 Å². The number of aromatic nitrogens is 1. The molecule has 0 aliphatic carbocycles. The van der Waals surface area contributed by atoms with E-state index in [4.69, 9.17) is 4.99 Å². The van der Waals surface area contributed by atoms with E-state index in [9.17, 15) is 0 Å². The maximum absolute atomic E-state index is 4.74. The smallest absolute Gasteiger partial charge is 0.193 e. The van der Waals surface area contributed by atoms with Crippen molar-refractivity contribution in [2.75, 3.05) is 26.4 Å². The van der Waals surface area contributed by atoms with Crippen LogP contribution in [-0.2, 0) is 13.0 Å². The number of nitrogens with one attached hydrogen (secondary N) is 1. The van der Waals surface area contributed by atoms with Crippen LogP contribution < -0.4 is 5.32 Å². The Balaban J connectivity index is 1.94. The monoisotopic (exact) mass is 362 g/mol. The molecule has 6 heteroatoms. The summed E-state index contributed by atoms with van der Waals surface area (Å²) in [6.45, 7) is 6.65. The van der Waals surface area contributed by atoms with Gasteiger partial charge in [-0.15, -0.1) is 23.1 Å². The van der Waals surface area contributed by atoms with E-state index in [0.29, 0.717) is 0 Å².